The third-order valence-electron chi connectivity index (χ3n) is 4.97. The van der Waals surface area contributed by atoms with Gasteiger partial charge in [-0.1, -0.05) is 26.2 Å². The summed E-state index contributed by atoms with van der Waals surface area (Å²) in [5, 5.41) is 13.3. The second kappa shape index (κ2) is 6.88. The number of aliphatic hydroxyl groups excluding tert-OH is 1. The summed E-state index contributed by atoms with van der Waals surface area (Å²) in [7, 11) is 2.12. The Morgan fingerprint density at radius 1 is 1.17 bits per heavy atom. The van der Waals surface area contributed by atoms with E-state index in [4.69, 9.17) is 0 Å². The van der Waals surface area contributed by atoms with Crippen LogP contribution in [-0.2, 0) is 0 Å². The Labute approximate surface area is 112 Å². The van der Waals surface area contributed by atoms with Crippen LogP contribution in [0.5, 0.6) is 0 Å². The molecule has 0 spiro atoms. The number of likely N-dealkylation sites (tertiary alicyclic amines) is 1. The zero-order valence-electron chi connectivity index (χ0n) is 12.1. The molecule has 0 aromatic heterocycles. The maximum Gasteiger partial charge on any atom is 0.0590 e. The fourth-order valence-corrected chi connectivity index (χ4v) is 3.70. The molecule has 0 bridgehead atoms. The minimum absolute atomic E-state index is 0.0736. The number of hydrogen-bond donors (Lipinski definition) is 2. The van der Waals surface area contributed by atoms with E-state index in [-0.39, 0.29) is 6.10 Å². The van der Waals surface area contributed by atoms with Crippen LogP contribution in [0.4, 0.5) is 0 Å². The van der Waals surface area contributed by atoms with E-state index < -0.39 is 0 Å². The molecule has 0 radical (unpaired) electrons. The first-order valence-corrected chi connectivity index (χ1v) is 7.78. The maximum atomic E-state index is 9.81. The van der Waals surface area contributed by atoms with Gasteiger partial charge in [0.15, 0.2) is 0 Å². The van der Waals surface area contributed by atoms with Gasteiger partial charge in [-0.15, -0.1) is 0 Å². The molecule has 1 aliphatic carbocycles. The summed E-state index contributed by atoms with van der Waals surface area (Å²) < 4.78 is 0. The van der Waals surface area contributed by atoms with Gasteiger partial charge in [-0.2, -0.15) is 0 Å². The molecule has 1 saturated carbocycles. The Morgan fingerprint density at radius 2 is 1.94 bits per heavy atom. The predicted molar refractivity (Wildman–Crippen MR) is 75.7 cm³/mol. The van der Waals surface area contributed by atoms with Gasteiger partial charge >= 0.3 is 0 Å². The molecule has 18 heavy (non-hydrogen) atoms. The monoisotopic (exact) mass is 254 g/mol. The number of nitrogens with zero attached hydrogens (tertiary/aromatic N) is 1. The number of nitrogens with one attached hydrogen (secondary N) is 1. The summed E-state index contributed by atoms with van der Waals surface area (Å²) >= 11 is 0. The molecule has 1 heterocycles. The van der Waals surface area contributed by atoms with Gasteiger partial charge in [0.05, 0.1) is 6.10 Å². The lowest BCUT2D eigenvalue weighted by atomic mass is 9.91. The lowest BCUT2D eigenvalue weighted by Gasteiger charge is -2.38. The highest BCUT2D eigenvalue weighted by Crippen LogP contribution is 2.26. The van der Waals surface area contributed by atoms with Gasteiger partial charge in [0.25, 0.3) is 0 Å². The topological polar surface area (TPSA) is 35.5 Å². The van der Waals surface area contributed by atoms with E-state index in [1.54, 1.807) is 0 Å². The standard InChI is InChI=1S/C15H30N2O/c1-12-10-17(9-8-15(12)18)11-13-6-4-3-5-7-14(13)16-2/h12-16,18H,3-11H2,1-2H3. The Morgan fingerprint density at radius 3 is 2.67 bits per heavy atom. The van der Waals surface area contributed by atoms with Gasteiger partial charge in [-0.3, -0.25) is 0 Å². The Kier molecular flexibility index (Phi) is 5.46. The molecule has 0 aromatic carbocycles. The van der Waals surface area contributed by atoms with E-state index in [1.165, 1.54) is 38.6 Å². The largest absolute Gasteiger partial charge is 0.393 e. The average Bonchev–Trinajstić information content (AvgIpc) is 2.59. The fraction of sp³-hybridized carbons (Fsp3) is 1.00. The predicted octanol–water partition coefficient (Wildman–Crippen LogP) is 1.86. The van der Waals surface area contributed by atoms with Crippen molar-refractivity contribution in [2.75, 3.05) is 26.7 Å². The fourth-order valence-electron chi connectivity index (χ4n) is 3.70. The van der Waals surface area contributed by atoms with Crippen LogP contribution in [0.1, 0.15) is 45.4 Å². The van der Waals surface area contributed by atoms with Crippen molar-refractivity contribution in [2.45, 2.75) is 57.6 Å². The highest BCUT2D eigenvalue weighted by Gasteiger charge is 2.29. The SMILES string of the molecule is CNC1CCCCCC1CN1CCC(O)C(C)C1. The van der Waals surface area contributed by atoms with Crippen LogP contribution < -0.4 is 5.32 Å². The molecular formula is C15H30N2O. The molecule has 2 rings (SSSR count). The van der Waals surface area contributed by atoms with E-state index in [2.05, 4.69) is 24.2 Å². The summed E-state index contributed by atoms with van der Waals surface area (Å²) in [6.45, 7) is 5.56. The first kappa shape index (κ1) is 14.3. The molecule has 2 N–H and O–H groups in total. The van der Waals surface area contributed by atoms with E-state index in [9.17, 15) is 5.11 Å². The number of aliphatic hydroxyl groups is 1. The quantitative estimate of drug-likeness (QED) is 0.755. The van der Waals surface area contributed by atoms with Crippen molar-refractivity contribution in [1.29, 1.82) is 0 Å². The van der Waals surface area contributed by atoms with Crippen molar-refractivity contribution in [3.8, 4) is 0 Å². The summed E-state index contributed by atoms with van der Waals surface area (Å²) in [6.07, 6.45) is 7.79. The zero-order valence-corrected chi connectivity index (χ0v) is 12.1. The van der Waals surface area contributed by atoms with Crippen LogP contribution in [0.2, 0.25) is 0 Å². The molecule has 0 amide bonds. The molecule has 1 saturated heterocycles. The molecule has 1 aliphatic heterocycles. The zero-order chi connectivity index (χ0) is 13.0. The number of hydrogen-bond acceptors (Lipinski definition) is 3. The third kappa shape index (κ3) is 3.69. The van der Waals surface area contributed by atoms with Crippen molar-refractivity contribution in [3.05, 3.63) is 0 Å². The van der Waals surface area contributed by atoms with Crippen molar-refractivity contribution < 1.29 is 5.11 Å². The molecule has 106 valence electrons. The van der Waals surface area contributed by atoms with Gasteiger partial charge in [-0.05, 0) is 38.1 Å². The van der Waals surface area contributed by atoms with Crippen molar-refractivity contribution in [2.24, 2.45) is 11.8 Å². The highest BCUT2D eigenvalue weighted by atomic mass is 16.3. The van der Waals surface area contributed by atoms with Gasteiger partial charge in [0.2, 0.25) is 0 Å². The van der Waals surface area contributed by atoms with Crippen molar-refractivity contribution in [1.82, 2.24) is 10.2 Å². The summed E-state index contributed by atoms with van der Waals surface area (Å²) in [5.41, 5.74) is 0. The second-order valence-electron chi connectivity index (χ2n) is 6.39. The summed E-state index contributed by atoms with van der Waals surface area (Å²) in [6, 6.07) is 0.703. The minimum atomic E-state index is -0.0736. The third-order valence-corrected chi connectivity index (χ3v) is 4.97. The molecule has 3 nitrogen and oxygen atoms in total. The molecule has 0 aromatic rings. The Hall–Kier alpha value is -0.120. The lowest BCUT2D eigenvalue weighted by molar-refractivity contribution is 0.0262. The van der Waals surface area contributed by atoms with Gasteiger partial charge < -0.3 is 15.3 Å². The Bertz CT molecular complexity index is 247. The van der Waals surface area contributed by atoms with Gasteiger partial charge in [0.1, 0.15) is 0 Å². The first-order chi connectivity index (χ1) is 8.70. The number of rotatable bonds is 3. The van der Waals surface area contributed by atoms with Gasteiger partial charge in [-0.25, -0.2) is 0 Å². The van der Waals surface area contributed by atoms with Crippen LogP contribution in [0, 0.1) is 11.8 Å². The summed E-state index contributed by atoms with van der Waals surface area (Å²) in [5.74, 6) is 1.25. The Balaban J connectivity index is 1.86. The smallest absolute Gasteiger partial charge is 0.0590 e. The number of piperidine rings is 1. The molecule has 4 atom stereocenters. The second-order valence-corrected chi connectivity index (χ2v) is 6.39. The summed E-state index contributed by atoms with van der Waals surface area (Å²) in [4.78, 5) is 2.58. The van der Waals surface area contributed by atoms with Crippen LogP contribution >= 0.6 is 0 Å². The van der Waals surface area contributed by atoms with E-state index in [0.29, 0.717) is 12.0 Å². The molecule has 3 heteroatoms. The highest BCUT2D eigenvalue weighted by molar-refractivity contribution is 4.84. The van der Waals surface area contributed by atoms with Crippen LogP contribution in [0.25, 0.3) is 0 Å². The average molecular weight is 254 g/mol. The first-order valence-electron chi connectivity index (χ1n) is 7.78. The van der Waals surface area contributed by atoms with E-state index in [0.717, 1.165) is 25.4 Å². The van der Waals surface area contributed by atoms with Crippen molar-refractivity contribution >= 4 is 0 Å². The van der Waals surface area contributed by atoms with Gasteiger partial charge in [0, 0.05) is 25.7 Å². The van der Waals surface area contributed by atoms with Crippen molar-refractivity contribution in [3.63, 3.8) is 0 Å². The molecule has 2 aliphatic rings. The lowest BCUT2D eigenvalue weighted by Crippen LogP contribution is -2.47. The van der Waals surface area contributed by atoms with Crippen LogP contribution in [-0.4, -0.2) is 48.8 Å². The maximum absolute atomic E-state index is 9.81. The molecule has 2 fully saturated rings. The molecule has 4 unspecified atom stereocenters. The minimum Gasteiger partial charge on any atom is -0.393 e. The van der Waals surface area contributed by atoms with Crippen LogP contribution in [0.15, 0.2) is 0 Å². The van der Waals surface area contributed by atoms with E-state index >= 15 is 0 Å². The van der Waals surface area contributed by atoms with E-state index in [1.807, 2.05) is 0 Å². The molecular weight excluding hydrogens is 224 g/mol. The normalized spacial score (nSPS) is 39.5. The van der Waals surface area contributed by atoms with Crippen LogP contribution in [0.3, 0.4) is 0 Å².